The fourth-order valence-corrected chi connectivity index (χ4v) is 1.80. The van der Waals surface area contributed by atoms with Crippen molar-refractivity contribution in [1.82, 2.24) is 0 Å². The molecule has 8 N–H and O–H groups in total. The number of hydrogen-bond acceptors (Lipinski definition) is 9. The molecule has 1 aliphatic heterocycles. The summed E-state index contributed by atoms with van der Waals surface area (Å²) in [4.78, 5) is 0. The molecule has 7 atom stereocenters. The predicted octanol–water partition coefficient (Wildman–Crippen LogP) is -5.14. The van der Waals surface area contributed by atoms with Crippen molar-refractivity contribution in [3.63, 3.8) is 0 Å². The number of ether oxygens (including phenoxy) is 1. The summed E-state index contributed by atoms with van der Waals surface area (Å²) < 4.78 is 4.73. The normalized spacial score (nSPS) is 44.7. The van der Waals surface area contributed by atoms with Gasteiger partial charge in [-0.25, -0.2) is 0 Å². The van der Waals surface area contributed by atoms with Crippen LogP contribution in [-0.4, -0.2) is 96.5 Å². The molecule has 18 heavy (non-hydrogen) atoms. The van der Waals surface area contributed by atoms with Crippen LogP contribution in [-0.2, 0) is 4.74 Å². The van der Waals surface area contributed by atoms with Crippen LogP contribution in [0.15, 0.2) is 0 Å². The minimum absolute atomic E-state index is 0.796. The van der Waals surface area contributed by atoms with Crippen molar-refractivity contribution in [3.05, 3.63) is 0 Å². The molecule has 0 amide bonds. The number of rotatable bonds is 4. The van der Waals surface area contributed by atoms with E-state index in [9.17, 15) is 30.6 Å². The van der Waals surface area contributed by atoms with E-state index in [0.29, 0.717) is 0 Å². The summed E-state index contributed by atoms with van der Waals surface area (Å²) in [6.07, 6.45) is -11.2. The monoisotopic (exact) mass is 270 g/mol. The number of aliphatic hydroxyl groups excluding tert-OH is 7. The van der Waals surface area contributed by atoms with Gasteiger partial charge in [0, 0.05) is 0 Å². The highest BCUT2D eigenvalue weighted by Crippen LogP contribution is 2.31. The summed E-state index contributed by atoms with van der Waals surface area (Å²) in [6.45, 7) is -1.73. The largest absolute Gasteiger partial charge is 0.394 e. The van der Waals surface area contributed by atoms with Gasteiger partial charge in [0.1, 0.15) is 36.6 Å². The van der Waals surface area contributed by atoms with Crippen molar-refractivity contribution >= 4 is 0 Å². The molecule has 1 rings (SSSR count). The van der Waals surface area contributed by atoms with Crippen LogP contribution >= 0.6 is 0 Å². The summed E-state index contributed by atoms with van der Waals surface area (Å²) in [5.74, 6) is -2.83. The molecule has 1 aliphatic rings. The Hall–Kier alpha value is -0.360. The van der Waals surface area contributed by atoms with Crippen LogP contribution in [0, 0.1) is 0 Å². The standard InChI is InChI=1S/C9H18O9/c10-1-3(12)7(15)9(17)8(16)6(14)5(13)4(2-11)18-9/h3-8,10-17H,1-2H2/t3?,4-,5+,6+,7?,8-,9?/m1/s1. The van der Waals surface area contributed by atoms with E-state index in [1.54, 1.807) is 0 Å². The first-order chi connectivity index (χ1) is 8.29. The molecule has 0 radical (unpaired) electrons. The van der Waals surface area contributed by atoms with Crippen molar-refractivity contribution in [3.8, 4) is 0 Å². The van der Waals surface area contributed by atoms with Gasteiger partial charge < -0.3 is 45.6 Å². The molecule has 9 heteroatoms. The SMILES string of the molecule is OCC(O)C(O)C1(O)O[C@H](CO)[C@H](O)[C@H](O)[C@H]1O. The molecular formula is C9H18O9. The van der Waals surface area contributed by atoms with Crippen LogP contribution in [0.4, 0.5) is 0 Å². The molecule has 0 aromatic carbocycles. The Bertz CT molecular complexity index is 267. The minimum Gasteiger partial charge on any atom is -0.394 e. The zero-order chi connectivity index (χ0) is 14.1. The Labute approximate surface area is 102 Å². The molecule has 0 saturated carbocycles. The quantitative estimate of drug-likeness (QED) is 0.249. The average Bonchev–Trinajstić information content (AvgIpc) is 2.38. The zero-order valence-electron chi connectivity index (χ0n) is 9.36. The molecule has 0 spiro atoms. The highest BCUT2D eigenvalue weighted by atomic mass is 16.7. The minimum atomic E-state index is -2.83. The third kappa shape index (κ3) is 2.50. The Kier molecular flexibility index (Phi) is 5.00. The van der Waals surface area contributed by atoms with Gasteiger partial charge in [-0.15, -0.1) is 0 Å². The van der Waals surface area contributed by atoms with Crippen LogP contribution in [0.25, 0.3) is 0 Å². The Morgan fingerprint density at radius 3 is 2.06 bits per heavy atom. The molecule has 3 unspecified atom stereocenters. The van der Waals surface area contributed by atoms with E-state index in [1.807, 2.05) is 0 Å². The first-order valence-electron chi connectivity index (χ1n) is 5.31. The molecular weight excluding hydrogens is 252 g/mol. The average molecular weight is 270 g/mol. The second-order valence-electron chi connectivity index (χ2n) is 4.21. The maximum Gasteiger partial charge on any atom is 0.224 e. The smallest absolute Gasteiger partial charge is 0.224 e. The molecule has 1 heterocycles. The third-order valence-electron chi connectivity index (χ3n) is 2.97. The van der Waals surface area contributed by atoms with Gasteiger partial charge in [-0.3, -0.25) is 0 Å². The van der Waals surface area contributed by atoms with E-state index < -0.39 is 55.6 Å². The molecule has 108 valence electrons. The van der Waals surface area contributed by atoms with Gasteiger partial charge in [-0.05, 0) is 0 Å². The molecule has 0 aromatic rings. The lowest BCUT2D eigenvalue weighted by Crippen LogP contribution is -2.71. The lowest BCUT2D eigenvalue weighted by molar-refractivity contribution is -0.384. The molecule has 0 aromatic heterocycles. The van der Waals surface area contributed by atoms with E-state index in [1.165, 1.54) is 0 Å². The predicted molar refractivity (Wildman–Crippen MR) is 54.0 cm³/mol. The van der Waals surface area contributed by atoms with Crippen LogP contribution in [0.3, 0.4) is 0 Å². The summed E-state index contributed by atoms with van der Waals surface area (Å²) in [7, 11) is 0. The highest BCUT2D eigenvalue weighted by molar-refractivity contribution is 5.00. The topological polar surface area (TPSA) is 171 Å². The van der Waals surface area contributed by atoms with Gasteiger partial charge in [0.15, 0.2) is 0 Å². The van der Waals surface area contributed by atoms with Crippen molar-refractivity contribution < 1.29 is 45.6 Å². The Morgan fingerprint density at radius 1 is 1.06 bits per heavy atom. The van der Waals surface area contributed by atoms with Gasteiger partial charge in [-0.2, -0.15) is 0 Å². The van der Waals surface area contributed by atoms with Gasteiger partial charge >= 0.3 is 0 Å². The Morgan fingerprint density at radius 2 is 1.61 bits per heavy atom. The van der Waals surface area contributed by atoms with Crippen molar-refractivity contribution in [2.45, 2.75) is 42.4 Å². The molecule has 1 saturated heterocycles. The van der Waals surface area contributed by atoms with Crippen LogP contribution in [0.1, 0.15) is 0 Å². The van der Waals surface area contributed by atoms with E-state index in [4.69, 9.17) is 14.9 Å². The second-order valence-corrected chi connectivity index (χ2v) is 4.21. The molecule has 9 nitrogen and oxygen atoms in total. The highest BCUT2D eigenvalue weighted by Gasteiger charge is 2.57. The summed E-state index contributed by atoms with van der Waals surface area (Å²) in [6, 6.07) is 0. The van der Waals surface area contributed by atoms with Crippen LogP contribution in [0.5, 0.6) is 0 Å². The lowest BCUT2D eigenvalue weighted by atomic mass is 9.87. The third-order valence-corrected chi connectivity index (χ3v) is 2.97. The van der Waals surface area contributed by atoms with E-state index in [-0.39, 0.29) is 0 Å². The van der Waals surface area contributed by atoms with Crippen LogP contribution < -0.4 is 0 Å². The van der Waals surface area contributed by atoms with Gasteiger partial charge in [0.05, 0.1) is 13.2 Å². The second kappa shape index (κ2) is 5.74. The molecule has 1 fully saturated rings. The van der Waals surface area contributed by atoms with Gasteiger partial charge in [0.25, 0.3) is 0 Å². The van der Waals surface area contributed by atoms with Crippen LogP contribution in [0.2, 0.25) is 0 Å². The van der Waals surface area contributed by atoms with E-state index in [0.717, 1.165) is 0 Å². The maximum atomic E-state index is 9.92. The molecule has 0 aliphatic carbocycles. The van der Waals surface area contributed by atoms with Gasteiger partial charge in [-0.1, -0.05) is 0 Å². The van der Waals surface area contributed by atoms with E-state index in [2.05, 4.69) is 0 Å². The van der Waals surface area contributed by atoms with Crippen molar-refractivity contribution in [1.29, 1.82) is 0 Å². The van der Waals surface area contributed by atoms with Crippen molar-refractivity contribution in [2.75, 3.05) is 13.2 Å². The molecule has 0 bridgehead atoms. The summed E-state index contributed by atoms with van der Waals surface area (Å²) in [5.41, 5.74) is 0. The maximum absolute atomic E-state index is 9.92. The fourth-order valence-electron chi connectivity index (χ4n) is 1.80. The van der Waals surface area contributed by atoms with Crippen molar-refractivity contribution in [2.24, 2.45) is 0 Å². The Balaban J connectivity index is 2.98. The fraction of sp³-hybridized carbons (Fsp3) is 1.00. The number of aliphatic hydroxyl groups is 8. The van der Waals surface area contributed by atoms with E-state index >= 15 is 0 Å². The summed E-state index contributed by atoms with van der Waals surface area (Å²) in [5, 5.41) is 74.7. The summed E-state index contributed by atoms with van der Waals surface area (Å²) >= 11 is 0. The zero-order valence-corrected chi connectivity index (χ0v) is 9.36. The van der Waals surface area contributed by atoms with Gasteiger partial charge in [0.2, 0.25) is 5.79 Å². The first-order valence-corrected chi connectivity index (χ1v) is 5.31. The number of hydrogen-bond donors (Lipinski definition) is 8. The first kappa shape index (κ1) is 15.7. The lowest BCUT2D eigenvalue weighted by Gasteiger charge is -2.47.